The van der Waals surface area contributed by atoms with Gasteiger partial charge in [-0.05, 0) is 50.2 Å². The summed E-state index contributed by atoms with van der Waals surface area (Å²) >= 11 is 0. The van der Waals surface area contributed by atoms with Gasteiger partial charge in [-0.1, -0.05) is 0 Å². The van der Waals surface area contributed by atoms with E-state index in [1.165, 1.54) is 0 Å². The Balaban J connectivity index is 1.46. The largest absolute Gasteiger partial charge is 0.491 e. The summed E-state index contributed by atoms with van der Waals surface area (Å²) in [5, 5.41) is 2.99. The van der Waals surface area contributed by atoms with Gasteiger partial charge in [0.15, 0.2) is 5.72 Å². The predicted octanol–water partition coefficient (Wildman–Crippen LogP) is 2.39. The molecule has 30 heavy (non-hydrogen) atoms. The van der Waals surface area contributed by atoms with Crippen molar-refractivity contribution in [2.45, 2.75) is 38.5 Å². The average Bonchev–Trinajstić information content (AvgIpc) is 2.70. The quantitative estimate of drug-likeness (QED) is 0.669. The number of piperidine rings is 1. The van der Waals surface area contributed by atoms with Crippen LogP contribution in [0.25, 0.3) is 0 Å². The summed E-state index contributed by atoms with van der Waals surface area (Å²) in [7, 11) is 0. The number of fused-ring (bicyclic) bond motifs is 1. The summed E-state index contributed by atoms with van der Waals surface area (Å²) in [5.41, 5.74) is 12.5. The molecular weight excluding hydrogens is 384 g/mol. The highest BCUT2D eigenvalue weighted by Gasteiger charge is 2.43. The topological polar surface area (TPSA) is 120 Å². The Morgan fingerprint density at radius 1 is 1.13 bits per heavy atom. The van der Waals surface area contributed by atoms with E-state index < -0.39 is 5.72 Å². The number of hydrogen-bond acceptors (Lipinski definition) is 6. The van der Waals surface area contributed by atoms with Crippen molar-refractivity contribution in [3.8, 4) is 11.5 Å². The van der Waals surface area contributed by atoms with Crippen LogP contribution < -0.4 is 26.3 Å². The molecule has 1 saturated heterocycles. The maximum atomic E-state index is 12.8. The fraction of sp³-hybridized carbons (Fsp3) is 0.364. The van der Waals surface area contributed by atoms with Gasteiger partial charge in [0.05, 0.1) is 23.0 Å². The molecule has 0 unspecified atom stereocenters. The van der Waals surface area contributed by atoms with Crippen LogP contribution in [0.15, 0.2) is 36.4 Å². The second-order valence-electron chi connectivity index (χ2n) is 8.01. The van der Waals surface area contributed by atoms with E-state index in [1.807, 2.05) is 13.8 Å². The lowest BCUT2D eigenvalue weighted by atomic mass is 9.96. The number of ether oxygens (including phenoxy) is 2. The van der Waals surface area contributed by atoms with E-state index in [0.717, 1.165) is 0 Å². The molecule has 2 amide bonds. The number of carbonyl (C=O) groups is 2. The number of nitrogen functional groups attached to an aromatic ring is 2. The average molecular weight is 410 g/mol. The molecule has 158 valence electrons. The molecule has 2 heterocycles. The predicted molar refractivity (Wildman–Crippen MR) is 113 cm³/mol. The SMILES string of the molecule is CC(C)Oc1ccc2c(c1)C(=O)NC1(CCN(C(=O)c3ccc(N)c(N)c3)CC1)O2. The number of nitrogens with zero attached hydrogens (tertiary/aromatic N) is 1. The Morgan fingerprint density at radius 2 is 1.87 bits per heavy atom. The Labute approximate surface area is 175 Å². The van der Waals surface area contributed by atoms with E-state index in [9.17, 15) is 9.59 Å². The summed E-state index contributed by atoms with van der Waals surface area (Å²) in [4.78, 5) is 27.3. The van der Waals surface area contributed by atoms with Gasteiger partial charge in [-0.15, -0.1) is 0 Å². The fourth-order valence-corrected chi connectivity index (χ4v) is 3.82. The van der Waals surface area contributed by atoms with Crippen LogP contribution >= 0.6 is 0 Å². The van der Waals surface area contributed by atoms with Crippen LogP contribution in [0, 0.1) is 0 Å². The zero-order valence-electron chi connectivity index (χ0n) is 17.1. The molecule has 5 N–H and O–H groups in total. The number of rotatable bonds is 3. The van der Waals surface area contributed by atoms with Gasteiger partial charge in [0, 0.05) is 31.5 Å². The molecule has 0 aliphatic carbocycles. The number of benzene rings is 2. The lowest BCUT2D eigenvalue weighted by molar-refractivity contribution is -0.0246. The lowest BCUT2D eigenvalue weighted by Crippen LogP contribution is -2.61. The molecule has 0 atom stereocenters. The lowest BCUT2D eigenvalue weighted by Gasteiger charge is -2.44. The van der Waals surface area contributed by atoms with Crippen molar-refractivity contribution in [2.24, 2.45) is 0 Å². The minimum Gasteiger partial charge on any atom is -0.491 e. The second-order valence-corrected chi connectivity index (χ2v) is 8.01. The van der Waals surface area contributed by atoms with Gasteiger partial charge in [0.1, 0.15) is 11.5 Å². The molecule has 1 fully saturated rings. The molecule has 2 aromatic rings. The number of carbonyl (C=O) groups excluding carboxylic acids is 2. The van der Waals surface area contributed by atoms with E-state index >= 15 is 0 Å². The minimum atomic E-state index is -0.818. The smallest absolute Gasteiger partial charge is 0.258 e. The van der Waals surface area contributed by atoms with Crippen LogP contribution in [0.4, 0.5) is 11.4 Å². The Morgan fingerprint density at radius 3 is 2.53 bits per heavy atom. The van der Waals surface area contributed by atoms with Crippen molar-refractivity contribution in [1.82, 2.24) is 10.2 Å². The highest BCUT2D eigenvalue weighted by molar-refractivity contribution is 5.99. The van der Waals surface area contributed by atoms with Gasteiger partial charge in [-0.3, -0.25) is 9.59 Å². The highest BCUT2D eigenvalue weighted by atomic mass is 16.5. The molecule has 0 aromatic heterocycles. The Hall–Kier alpha value is -3.42. The molecule has 2 aromatic carbocycles. The normalized spacial score (nSPS) is 17.3. The molecule has 8 heteroatoms. The van der Waals surface area contributed by atoms with Crippen LogP contribution in [0.3, 0.4) is 0 Å². The third-order valence-corrected chi connectivity index (χ3v) is 5.41. The number of nitrogens with two attached hydrogens (primary N) is 2. The van der Waals surface area contributed by atoms with Gasteiger partial charge >= 0.3 is 0 Å². The first-order valence-electron chi connectivity index (χ1n) is 10.0. The van der Waals surface area contributed by atoms with Gasteiger partial charge in [-0.25, -0.2) is 0 Å². The van der Waals surface area contributed by atoms with Crippen LogP contribution in [0.2, 0.25) is 0 Å². The molecule has 2 aliphatic heterocycles. The maximum absolute atomic E-state index is 12.8. The third-order valence-electron chi connectivity index (χ3n) is 5.41. The van der Waals surface area contributed by atoms with Crippen LogP contribution in [0.5, 0.6) is 11.5 Å². The number of anilines is 2. The highest BCUT2D eigenvalue weighted by Crippen LogP contribution is 2.36. The van der Waals surface area contributed by atoms with Crippen LogP contribution in [-0.2, 0) is 0 Å². The van der Waals surface area contributed by atoms with E-state index in [4.69, 9.17) is 20.9 Å². The maximum Gasteiger partial charge on any atom is 0.258 e. The molecule has 2 aliphatic rings. The van der Waals surface area contributed by atoms with Crippen molar-refractivity contribution in [3.05, 3.63) is 47.5 Å². The zero-order valence-corrected chi connectivity index (χ0v) is 17.1. The van der Waals surface area contributed by atoms with Crippen LogP contribution in [-0.4, -0.2) is 41.6 Å². The molecule has 0 bridgehead atoms. The Kier molecular flexibility index (Phi) is 4.93. The van der Waals surface area contributed by atoms with Gasteiger partial charge in [-0.2, -0.15) is 0 Å². The third kappa shape index (κ3) is 3.72. The van der Waals surface area contributed by atoms with Crippen molar-refractivity contribution < 1.29 is 19.1 Å². The second kappa shape index (κ2) is 7.44. The monoisotopic (exact) mass is 410 g/mol. The van der Waals surface area contributed by atoms with Crippen molar-refractivity contribution in [1.29, 1.82) is 0 Å². The first-order chi connectivity index (χ1) is 14.3. The van der Waals surface area contributed by atoms with E-state index in [1.54, 1.807) is 41.3 Å². The number of amides is 2. The minimum absolute atomic E-state index is 0.0141. The van der Waals surface area contributed by atoms with Gasteiger partial charge in [0.2, 0.25) is 0 Å². The van der Waals surface area contributed by atoms with Gasteiger partial charge in [0.25, 0.3) is 11.8 Å². The number of nitrogens with one attached hydrogen (secondary N) is 1. The molecule has 8 nitrogen and oxygen atoms in total. The Bertz CT molecular complexity index is 997. The zero-order chi connectivity index (χ0) is 21.5. The standard InChI is InChI=1S/C22H26N4O4/c1-13(2)29-15-4-6-19-16(12-15)20(27)25-22(30-19)7-9-26(10-8-22)21(28)14-3-5-17(23)18(24)11-14/h3-6,11-13H,7-10,23-24H2,1-2H3,(H,25,27). The van der Waals surface area contributed by atoms with E-state index in [2.05, 4.69) is 5.32 Å². The first kappa shape index (κ1) is 19.9. The summed E-state index contributed by atoms with van der Waals surface area (Å²) < 4.78 is 11.9. The summed E-state index contributed by atoms with van der Waals surface area (Å²) in [6.07, 6.45) is 0.984. The van der Waals surface area contributed by atoms with Gasteiger partial charge < -0.3 is 31.2 Å². The molecule has 1 spiro atoms. The molecule has 0 saturated carbocycles. The number of likely N-dealkylation sites (tertiary alicyclic amines) is 1. The summed E-state index contributed by atoms with van der Waals surface area (Å²) in [6.45, 7) is 4.76. The van der Waals surface area contributed by atoms with E-state index in [-0.39, 0.29) is 17.9 Å². The summed E-state index contributed by atoms with van der Waals surface area (Å²) in [6, 6.07) is 10.2. The van der Waals surface area contributed by atoms with Crippen molar-refractivity contribution >= 4 is 23.2 Å². The van der Waals surface area contributed by atoms with Crippen molar-refractivity contribution in [3.63, 3.8) is 0 Å². The molecule has 4 rings (SSSR count). The molecule has 0 radical (unpaired) electrons. The van der Waals surface area contributed by atoms with Crippen molar-refractivity contribution in [2.75, 3.05) is 24.6 Å². The fourth-order valence-electron chi connectivity index (χ4n) is 3.82. The van der Waals surface area contributed by atoms with E-state index in [0.29, 0.717) is 59.9 Å². The number of hydrogen-bond donors (Lipinski definition) is 3. The first-order valence-corrected chi connectivity index (χ1v) is 10.0. The van der Waals surface area contributed by atoms with Crippen LogP contribution in [0.1, 0.15) is 47.4 Å². The summed E-state index contributed by atoms with van der Waals surface area (Å²) in [5.74, 6) is 0.841. The molecular formula is C22H26N4O4.